The third kappa shape index (κ3) is 3.21. The van der Waals surface area contributed by atoms with Gasteiger partial charge in [0.15, 0.2) is 0 Å². The fourth-order valence-electron chi connectivity index (χ4n) is 2.94. The molecule has 3 rings (SSSR count). The first kappa shape index (κ1) is 18.0. The number of allylic oxidation sites excluding steroid dienone is 5. The second-order valence-electron chi connectivity index (χ2n) is 5.29. The summed E-state index contributed by atoms with van der Waals surface area (Å²) in [5.41, 5.74) is 6.02. The largest absolute Gasteiger partial charge is 1.00 e. The Morgan fingerprint density at radius 2 is 1.55 bits per heavy atom. The number of halogens is 2. The van der Waals surface area contributed by atoms with Crippen molar-refractivity contribution in [3.05, 3.63) is 62.0 Å². The molecule has 0 N–H and O–H groups in total. The van der Waals surface area contributed by atoms with Crippen molar-refractivity contribution in [1.29, 1.82) is 0 Å². The molecular formula is C17H18Cl2Zr. The number of hydrogen-bond acceptors (Lipinski definition) is 0. The molecule has 0 fully saturated rings. The number of hydrogen-bond donors (Lipinski definition) is 0. The first-order valence-corrected chi connectivity index (χ1v) is 9.25. The van der Waals surface area contributed by atoms with Crippen LogP contribution in [0.15, 0.2) is 39.7 Å². The summed E-state index contributed by atoms with van der Waals surface area (Å²) in [4.78, 5) is 0. The Labute approximate surface area is 145 Å². The monoisotopic (exact) mass is 382 g/mol. The predicted molar refractivity (Wildman–Crippen MR) is 74.3 cm³/mol. The van der Waals surface area contributed by atoms with Crippen LogP contribution < -0.4 is 24.8 Å². The van der Waals surface area contributed by atoms with Crippen LogP contribution in [0, 0.1) is 13.8 Å². The summed E-state index contributed by atoms with van der Waals surface area (Å²) >= 11 is -0.496. The van der Waals surface area contributed by atoms with Crippen LogP contribution in [0.4, 0.5) is 0 Å². The van der Waals surface area contributed by atoms with Crippen molar-refractivity contribution in [3.8, 4) is 0 Å². The van der Waals surface area contributed by atoms with Crippen molar-refractivity contribution < 1.29 is 48.0 Å². The van der Waals surface area contributed by atoms with Crippen LogP contribution in [0.25, 0.3) is 6.08 Å². The maximum atomic E-state index is 2.51. The minimum absolute atomic E-state index is 0. The van der Waals surface area contributed by atoms with Crippen LogP contribution in [0.5, 0.6) is 0 Å². The van der Waals surface area contributed by atoms with Crippen LogP contribution >= 0.6 is 0 Å². The fourth-order valence-corrected chi connectivity index (χ4v) is 6.44. The topological polar surface area (TPSA) is 0 Å². The van der Waals surface area contributed by atoms with Gasteiger partial charge in [0, 0.05) is 0 Å². The third-order valence-corrected chi connectivity index (χ3v) is 8.01. The van der Waals surface area contributed by atoms with Crippen LogP contribution in [0.3, 0.4) is 0 Å². The smallest absolute Gasteiger partial charge is 1.00 e. The van der Waals surface area contributed by atoms with Gasteiger partial charge in [0.25, 0.3) is 0 Å². The minimum atomic E-state index is -0.496. The van der Waals surface area contributed by atoms with Gasteiger partial charge in [-0.05, 0) is 0 Å². The summed E-state index contributed by atoms with van der Waals surface area (Å²) in [6, 6.07) is 4.54. The van der Waals surface area contributed by atoms with Gasteiger partial charge in [0.2, 0.25) is 0 Å². The first-order chi connectivity index (χ1) is 8.66. The number of benzene rings is 1. The molecule has 0 bridgehead atoms. The molecule has 1 atom stereocenters. The van der Waals surface area contributed by atoms with E-state index in [1.807, 2.05) is 0 Å². The standard InChI is InChI=1S/C12H13.C5H5.2ClH.Zr/c1-8-4-5-9(2)12-10(3)6-7-11(8)12;1-2-4-5-3-1;;;/h4-5,7,10H,1-3H3;1-5H;2*1H;/q;;;;+2/p-2. The maximum absolute atomic E-state index is 2.51. The molecule has 0 spiro atoms. The SMILES string of the molecule is Cc1ccc(C)c2c1C=[C]([Zr+2][CH]1C=CC=C1)C2C.[Cl-].[Cl-]. The third-order valence-electron chi connectivity index (χ3n) is 4.00. The van der Waals surface area contributed by atoms with Gasteiger partial charge in [-0.2, -0.15) is 0 Å². The summed E-state index contributed by atoms with van der Waals surface area (Å²) in [6.07, 6.45) is 11.7. The molecule has 2 aliphatic carbocycles. The van der Waals surface area contributed by atoms with E-state index in [2.05, 4.69) is 63.3 Å². The van der Waals surface area contributed by atoms with Gasteiger partial charge in [-0.25, -0.2) is 0 Å². The number of rotatable bonds is 2. The molecule has 1 aromatic rings. The molecule has 0 heterocycles. The molecule has 2 aliphatic rings. The average Bonchev–Trinajstić information content (AvgIpc) is 2.95. The van der Waals surface area contributed by atoms with Crippen molar-refractivity contribution in [3.63, 3.8) is 0 Å². The van der Waals surface area contributed by atoms with Gasteiger partial charge in [0.05, 0.1) is 0 Å². The zero-order valence-electron chi connectivity index (χ0n) is 12.0. The van der Waals surface area contributed by atoms with E-state index in [-0.39, 0.29) is 24.8 Å². The Bertz CT molecular complexity index is 573. The molecule has 0 saturated carbocycles. The zero-order valence-corrected chi connectivity index (χ0v) is 15.9. The molecule has 0 radical (unpaired) electrons. The van der Waals surface area contributed by atoms with Crippen molar-refractivity contribution in [1.82, 2.24) is 0 Å². The molecule has 0 amide bonds. The Kier molecular flexibility index (Phi) is 6.51. The number of aryl methyl sites for hydroxylation is 2. The number of fused-ring (bicyclic) bond motifs is 1. The molecule has 0 aromatic heterocycles. The summed E-state index contributed by atoms with van der Waals surface area (Å²) in [6.45, 7) is 6.89. The van der Waals surface area contributed by atoms with Gasteiger partial charge < -0.3 is 24.8 Å². The summed E-state index contributed by atoms with van der Waals surface area (Å²) in [5, 5.41) is 0. The van der Waals surface area contributed by atoms with Gasteiger partial charge in [0.1, 0.15) is 0 Å². The van der Waals surface area contributed by atoms with Gasteiger partial charge in [-0.15, -0.1) is 0 Å². The van der Waals surface area contributed by atoms with E-state index in [1.54, 1.807) is 8.84 Å². The molecular weight excluding hydrogens is 366 g/mol. The summed E-state index contributed by atoms with van der Waals surface area (Å²) in [5.74, 6) is 0.661. The predicted octanol–water partition coefficient (Wildman–Crippen LogP) is -1.23. The normalized spacial score (nSPS) is 18.9. The second-order valence-corrected chi connectivity index (χ2v) is 9.06. The zero-order chi connectivity index (χ0) is 12.7. The summed E-state index contributed by atoms with van der Waals surface area (Å²) in [7, 11) is 0. The van der Waals surface area contributed by atoms with E-state index in [0.717, 1.165) is 3.63 Å². The van der Waals surface area contributed by atoms with E-state index in [9.17, 15) is 0 Å². The second kappa shape index (κ2) is 7.25. The molecule has 3 heteroatoms. The molecule has 0 aliphatic heterocycles. The average molecular weight is 384 g/mol. The van der Waals surface area contributed by atoms with Crippen molar-refractivity contribution in [2.75, 3.05) is 0 Å². The van der Waals surface area contributed by atoms with E-state index < -0.39 is 23.2 Å². The Morgan fingerprint density at radius 3 is 2.15 bits per heavy atom. The van der Waals surface area contributed by atoms with Crippen LogP contribution in [-0.4, -0.2) is 0 Å². The molecule has 1 aromatic carbocycles. The quantitative estimate of drug-likeness (QED) is 0.599. The van der Waals surface area contributed by atoms with E-state index >= 15 is 0 Å². The van der Waals surface area contributed by atoms with Gasteiger partial charge in [-0.3, -0.25) is 0 Å². The molecule has 1 unspecified atom stereocenters. The van der Waals surface area contributed by atoms with E-state index in [1.165, 1.54) is 16.7 Å². The molecule has 0 saturated heterocycles. The Balaban J connectivity index is 0.000001000. The molecule has 0 nitrogen and oxygen atoms in total. The molecule has 20 heavy (non-hydrogen) atoms. The van der Waals surface area contributed by atoms with Crippen LogP contribution in [-0.2, 0) is 23.2 Å². The fraction of sp³-hybridized carbons (Fsp3) is 0.294. The Morgan fingerprint density at radius 1 is 0.950 bits per heavy atom. The summed E-state index contributed by atoms with van der Waals surface area (Å²) < 4.78 is 2.53. The Hall–Kier alpha value is -0.0969. The van der Waals surface area contributed by atoms with Crippen LogP contribution in [0.2, 0.25) is 3.63 Å². The van der Waals surface area contributed by atoms with Gasteiger partial charge >= 0.3 is 122 Å². The van der Waals surface area contributed by atoms with Crippen molar-refractivity contribution in [2.45, 2.75) is 30.3 Å². The van der Waals surface area contributed by atoms with Crippen molar-refractivity contribution in [2.24, 2.45) is 0 Å². The van der Waals surface area contributed by atoms with Crippen LogP contribution in [0.1, 0.15) is 35.1 Å². The van der Waals surface area contributed by atoms with Crippen molar-refractivity contribution >= 4 is 6.08 Å². The molecule has 104 valence electrons. The van der Waals surface area contributed by atoms with E-state index in [0.29, 0.717) is 5.92 Å². The first-order valence-electron chi connectivity index (χ1n) is 6.60. The maximum Gasteiger partial charge on any atom is -1.00 e. The minimum Gasteiger partial charge on any atom is -1.00 e. The van der Waals surface area contributed by atoms with Gasteiger partial charge in [-0.1, -0.05) is 0 Å². The van der Waals surface area contributed by atoms with E-state index in [4.69, 9.17) is 0 Å².